The van der Waals surface area contributed by atoms with E-state index in [1.807, 2.05) is 6.92 Å². The number of hydrogen-bond acceptors (Lipinski definition) is 4. The Morgan fingerprint density at radius 3 is 2.14 bits per heavy atom. The Morgan fingerprint density at radius 2 is 1.73 bits per heavy atom. The minimum absolute atomic E-state index is 0.0666. The van der Waals surface area contributed by atoms with Crippen LogP contribution in [0.1, 0.15) is 45.6 Å². The first-order chi connectivity index (χ1) is 10.2. The molecule has 22 heavy (non-hydrogen) atoms. The van der Waals surface area contributed by atoms with Crippen molar-refractivity contribution in [3.05, 3.63) is 29.8 Å². The van der Waals surface area contributed by atoms with Crippen LogP contribution in [0.15, 0.2) is 29.2 Å². The Balaban J connectivity index is 0.000000401. The summed E-state index contributed by atoms with van der Waals surface area (Å²) >= 11 is 0. The highest BCUT2D eigenvalue weighted by atomic mass is 32.2. The van der Waals surface area contributed by atoms with Crippen LogP contribution >= 0.6 is 0 Å². The number of aliphatic hydroxyl groups is 1. The van der Waals surface area contributed by atoms with Gasteiger partial charge in [0.2, 0.25) is 0 Å². The van der Waals surface area contributed by atoms with Crippen molar-refractivity contribution in [1.82, 2.24) is 0 Å². The standard InChI is InChI=1S/C9H20O2.C7H8O3S/c1-4-5-6-11-9(10)7-8(2)3;1-6-2-4-7(5-3-6)11(8,9)10/h8-10H,4-7H2,1-3H3;2-5H,1H3,(H,8,9,10). The maximum atomic E-state index is 10.5. The molecule has 0 aliphatic rings. The van der Waals surface area contributed by atoms with Crippen LogP contribution in [0, 0.1) is 12.8 Å². The first-order valence-corrected chi connectivity index (χ1v) is 8.94. The van der Waals surface area contributed by atoms with Crippen LogP contribution < -0.4 is 0 Å². The van der Waals surface area contributed by atoms with Crippen LogP contribution in [0.4, 0.5) is 0 Å². The minimum atomic E-state index is -4.02. The minimum Gasteiger partial charge on any atom is -0.368 e. The predicted molar refractivity (Wildman–Crippen MR) is 87.3 cm³/mol. The predicted octanol–water partition coefficient (Wildman–Crippen LogP) is 3.41. The number of ether oxygens (including phenoxy) is 1. The summed E-state index contributed by atoms with van der Waals surface area (Å²) in [5.41, 5.74) is 0.956. The number of aliphatic hydroxyl groups excluding tert-OH is 1. The smallest absolute Gasteiger partial charge is 0.294 e. The van der Waals surface area contributed by atoms with Crippen molar-refractivity contribution in [3.63, 3.8) is 0 Å². The SMILES string of the molecule is CCCCOC(O)CC(C)C.Cc1ccc(S(=O)(=O)O)cc1. The van der Waals surface area contributed by atoms with Gasteiger partial charge in [-0.05, 0) is 31.4 Å². The molecule has 1 aromatic carbocycles. The van der Waals surface area contributed by atoms with Gasteiger partial charge in [0, 0.05) is 13.0 Å². The second kappa shape index (κ2) is 10.7. The normalized spacial score (nSPS) is 12.7. The Kier molecular flexibility index (Phi) is 10.3. The number of hydrogen-bond donors (Lipinski definition) is 2. The first-order valence-electron chi connectivity index (χ1n) is 7.50. The van der Waals surface area contributed by atoms with Gasteiger partial charge in [0.25, 0.3) is 10.1 Å². The van der Waals surface area contributed by atoms with Gasteiger partial charge in [-0.25, -0.2) is 0 Å². The van der Waals surface area contributed by atoms with Gasteiger partial charge in [0.1, 0.15) is 0 Å². The third-order valence-corrected chi connectivity index (χ3v) is 3.67. The van der Waals surface area contributed by atoms with Crippen molar-refractivity contribution < 1.29 is 22.8 Å². The molecule has 0 aliphatic heterocycles. The van der Waals surface area contributed by atoms with E-state index in [0.717, 1.165) is 24.8 Å². The molecule has 0 fully saturated rings. The Bertz CT molecular complexity index is 494. The summed E-state index contributed by atoms with van der Waals surface area (Å²) in [6.45, 7) is 8.79. The van der Waals surface area contributed by atoms with Crippen molar-refractivity contribution in [2.45, 2.75) is 58.1 Å². The van der Waals surface area contributed by atoms with E-state index < -0.39 is 16.4 Å². The zero-order valence-corrected chi connectivity index (χ0v) is 14.6. The molecule has 1 atom stereocenters. The summed E-state index contributed by atoms with van der Waals surface area (Å²) < 4.78 is 34.7. The van der Waals surface area contributed by atoms with Crippen LogP contribution in [-0.4, -0.2) is 31.0 Å². The molecule has 0 saturated carbocycles. The zero-order valence-electron chi connectivity index (χ0n) is 13.8. The molecule has 0 aromatic heterocycles. The van der Waals surface area contributed by atoms with Gasteiger partial charge in [-0.1, -0.05) is 44.9 Å². The highest BCUT2D eigenvalue weighted by Gasteiger charge is 2.07. The van der Waals surface area contributed by atoms with Crippen LogP contribution in [0.2, 0.25) is 0 Å². The molecule has 1 rings (SSSR count). The lowest BCUT2D eigenvalue weighted by atomic mass is 10.1. The van der Waals surface area contributed by atoms with Crippen LogP contribution in [0.3, 0.4) is 0 Å². The maximum Gasteiger partial charge on any atom is 0.294 e. The molecule has 5 nitrogen and oxygen atoms in total. The largest absolute Gasteiger partial charge is 0.368 e. The maximum absolute atomic E-state index is 10.5. The molecule has 0 amide bonds. The number of benzene rings is 1. The van der Waals surface area contributed by atoms with E-state index in [-0.39, 0.29) is 4.90 Å². The third-order valence-electron chi connectivity index (χ3n) is 2.80. The third kappa shape index (κ3) is 10.7. The van der Waals surface area contributed by atoms with E-state index in [9.17, 15) is 13.5 Å². The van der Waals surface area contributed by atoms with Crippen molar-refractivity contribution in [2.75, 3.05) is 6.61 Å². The average molecular weight is 332 g/mol. The van der Waals surface area contributed by atoms with E-state index in [1.165, 1.54) is 12.1 Å². The first kappa shape index (κ1) is 21.0. The van der Waals surface area contributed by atoms with Gasteiger partial charge in [-0.2, -0.15) is 8.42 Å². The zero-order chi connectivity index (χ0) is 17.2. The molecular formula is C16H28O5S. The Labute approximate surface area is 134 Å². The van der Waals surface area contributed by atoms with Crippen LogP contribution in [0.5, 0.6) is 0 Å². The van der Waals surface area contributed by atoms with E-state index in [4.69, 9.17) is 9.29 Å². The molecule has 2 N–H and O–H groups in total. The molecule has 0 spiro atoms. The van der Waals surface area contributed by atoms with Crippen molar-refractivity contribution in [1.29, 1.82) is 0 Å². The fraction of sp³-hybridized carbons (Fsp3) is 0.625. The van der Waals surface area contributed by atoms with Gasteiger partial charge >= 0.3 is 0 Å². The lowest BCUT2D eigenvalue weighted by Gasteiger charge is -2.13. The van der Waals surface area contributed by atoms with Crippen LogP contribution in [-0.2, 0) is 14.9 Å². The molecule has 1 aromatic rings. The summed E-state index contributed by atoms with van der Waals surface area (Å²) in [4.78, 5) is -0.0666. The average Bonchev–Trinajstić information content (AvgIpc) is 2.38. The lowest BCUT2D eigenvalue weighted by molar-refractivity contribution is -0.109. The highest BCUT2D eigenvalue weighted by Crippen LogP contribution is 2.08. The molecule has 1 unspecified atom stereocenters. The fourth-order valence-electron chi connectivity index (χ4n) is 1.55. The number of unbranched alkanes of at least 4 members (excludes halogenated alkanes) is 1. The van der Waals surface area contributed by atoms with Crippen molar-refractivity contribution in [3.8, 4) is 0 Å². The van der Waals surface area contributed by atoms with E-state index in [2.05, 4.69) is 20.8 Å². The Morgan fingerprint density at radius 1 is 1.18 bits per heavy atom. The summed E-state index contributed by atoms with van der Waals surface area (Å²) in [6, 6.07) is 5.99. The van der Waals surface area contributed by atoms with Crippen molar-refractivity contribution >= 4 is 10.1 Å². The fourth-order valence-corrected chi connectivity index (χ4v) is 2.03. The topological polar surface area (TPSA) is 83.8 Å². The number of aryl methyl sites for hydroxylation is 1. The number of rotatable bonds is 7. The summed E-state index contributed by atoms with van der Waals surface area (Å²) in [5.74, 6) is 0.506. The Hall–Kier alpha value is -0.950. The second-order valence-corrected chi connectivity index (χ2v) is 7.02. The summed E-state index contributed by atoms with van der Waals surface area (Å²) in [7, 11) is -4.02. The summed E-state index contributed by atoms with van der Waals surface area (Å²) in [5, 5.41) is 9.22. The van der Waals surface area contributed by atoms with Crippen molar-refractivity contribution in [2.24, 2.45) is 5.92 Å². The van der Waals surface area contributed by atoms with Gasteiger partial charge < -0.3 is 9.84 Å². The van der Waals surface area contributed by atoms with Crippen LogP contribution in [0.25, 0.3) is 0 Å². The monoisotopic (exact) mass is 332 g/mol. The van der Waals surface area contributed by atoms with E-state index >= 15 is 0 Å². The second-order valence-electron chi connectivity index (χ2n) is 5.60. The van der Waals surface area contributed by atoms with Gasteiger partial charge in [-0.15, -0.1) is 0 Å². The van der Waals surface area contributed by atoms with Gasteiger partial charge in [0.15, 0.2) is 6.29 Å². The van der Waals surface area contributed by atoms with Gasteiger partial charge in [-0.3, -0.25) is 4.55 Å². The van der Waals surface area contributed by atoms with E-state index in [1.54, 1.807) is 12.1 Å². The molecule has 0 bridgehead atoms. The summed E-state index contributed by atoms with van der Waals surface area (Å²) in [6.07, 6.45) is 2.34. The molecule has 128 valence electrons. The molecule has 6 heteroatoms. The molecule has 0 radical (unpaired) electrons. The molecule has 0 heterocycles. The molecular weight excluding hydrogens is 304 g/mol. The van der Waals surface area contributed by atoms with E-state index in [0.29, 0.717) is 12.5 Å². The van der Waals surface area contributed by atoms with Gasteiger partial charge in [0.05, 0.1) is 4.90 Å². The molecule has 0 saturated heterocycles. The lowest BCUT2D eigenvalue weighted by Crippen LogP contribution is -2.15. The highest BCUT2D eigenvalue weighted by molar-refractivity contribution is 7.85. The molecule has 0 aliphatic carbocycles. The quantitative estimate of drug-likeness (QED) is 0.454.